The molecule has 138 valence electrons. The molecule has 0 bridgehead atoms. The van der Waals surface area contributed by atoms with Crippen molar-refractivity contribution in [2.75, 3.05) is 6.61 Å². The zero-order chi connectivity index (χ0) is 19.1. The van der Waals surface area contributed by atoms with Gasteiger partial charge in [-0.2, -0.15) is 0 Å². The van der Waals surface area contributed by atoms with Crippen molar-refractivity contribution < 1.29 is 18.7 Å². The summed E-state index contributed by atoms with van der Waals surface area (Å²) in [5.74, 6) is -1.49. The van der Waals surface area contributed by atoms with Crippen molar-refractivity contribution in [3.05, 3.63) is 58.2 Å². The number of halogens is 1. The highest BCUT2D eigenvalue weighted by atomic mass is 19.1. The van der Waals surface area contributed by atoms with Crippen LogP contribution in [-0.2, 0) is 14.3 Å². The summed E-state index contributed by atoms with van der Waals surface area (Å²) in [7, 11) is 0. The quantitative estimate of drug-likeness (QED) is 0.831. The summed E-state index contributed by atoms with van der Waals surface area (Å²) >= 11 is 0. The number of hydrogen-bond acceptors (Lipinski definition) is 4. The second-order valence-corrected chi connectivity index (χ2v) is 7.71. The number of dihydropyridines is 1. The van der Waals surface area contributed by atoms with Gasteiger partial charge in [0.2, 0.25) is 0 Å². The van der Waals surface area contributed by atoms with Crippen molar-refractivity contribution in [2.24, 2.45) is 5.41 Å². The fourth-order valence-electron chi connectivity index (χ4n) is 3.93. The van der Waals surface area contributed by atoms with Crippen LogP contribution < -0.4 is 5.32 Å². The summed E-state index contributed by atoms with van der Waals surface area (Å²) in [6.07, 6.45) is 1.10. The van der Waals surface area contributed by atoms with Crippen molar-refractivity contribution >= 4 is 11.8 Å². The Morgan fingerprint density at radius 3 is 2.73 bits per heavy atom. The van der Waals surface area contributed by atoms with Gasteiger partial charge in [-0.1, -0.05) is 26.0 Å². The zero-order valence-electron chi connectivity index (χ0n) is 15.6. The van der Waals surface area contributed by atoms with E-state index in [1.165, 1.54) is 12.1 Å². The Bertz CT molecular complexity index is 835. The van der Waals surface area contributed by atoms with Crippen LogP contribution in [0.3, 0.4) is 0 Å². The van der Waals surface area contributed by atoms with E-state index in [1.54, 1.807) is 26.0 Å². The van der Waals surface area contributed by atoms with Gasteiger partial charge in [0.05, 0.1) is 12.2 Å². The van der Waals surface area contributed by atoms with Crippen molar-refractivity contribution in [3.63, 3.8) is 0 Å². The van der Waals surface area contributed by atoms with E-state index in [1.807, 2.05) is 13.8 Å². The van der Waals surface area contributed by atoms with Crippen LogP contribution in [0.25, 0.3) is 0 Å². The Hall–Kier alpha value is -2.43. The summed E-state index contributed by atoms with van der Waals surface area (Å²) in [6, 6.07) is 6.10. The lowest BCUT2D eigenvalue weighted by Gasteiger charge is -2.39. The minimum atomic E-state index is -0.607. The molecule has 26 heavy (non-hydrogen) atoms. The van der Waals surface area contributed by atoms with E-state index in [0.29, 0.717) is 35.2 Å². The SMILES string of the molecule is CCOC(=O)C1=C(C)NC2=C(C(=O)CC(C)(C)C2)[C@@H]1c1cccc(F)c1. The lowest BCUT2D eigenvalue weighted by Crippen LogP contribution is -2.38. The molecule has 1 aliphatic heterocycles. The molecule has 0 amide bonds. The number of rotatable bonds is 3. The standard InChI is InChI=1S/C21H24FNO3/c1-5-26-20(25)17-12(2)23-15-10-21(3,4)11-16(24)19(15)18(17)13-7-6-8-14(22)9-13/h6-9,18,23H,5,10-11H2,1-4H3/t18-/m1/s1. The average Bonchev–Trinajstić information content (AvgIpc) is 2.52. The molecule has 3 rings (SSSR count). The van der Waals surface area contributed by atoms with Crippen molar-refractivity contribution in [3.8, 4) is 0 Å². The first kappa shape index (κ1) is 18.4. The molecule has 1 N–H and O–H groups in total. The molecule has 1 heterocycles. The molecule has 1 aliphatic carbocycles. The lowest BCUT2D eigenvalue weighted by atomic mass is 9.68. The lowest BCUT2D eigenvalue weighted by molar-refractivity contribution is -0.138. The minimum Gasteiger partial charge on any atom is -0.463 e. The van der Waals surface area contributed by atoms with Crippen molar-refractivity contribution in [1.82, 2.24) is 5.32 Å². The molecule has 0 spiro atoms. The third-order valence-electron chi connectivity index (χ3n) is 4.92. The molecule has 0 saturated carbocycles. The molecule has 0 radical (unpaired) electrons. The van der Waals surface area contributed by atoms with Gasteiger partial charge in [0, 0.05) is 29.3 Å². The Labute approximate surface area is 153 Å². The van der Waals surface area contributed by atoms with Gasteiger partial charge in [-0.15, -0.1) is 0 Å². The van der Waals surface area contributed by atoms with Crippen LogP contribution in [0.15, 0.2) is 46.8 Å². The molecule has 5 heteroatoms. The molecule has 1 atom stereocenters. The first-order chi connectivity index (χ1) is 12.2. The van der Waals surface area contributed by atoms with E-state index in [0.717, 1.165) is 5.70 Å². The largest absolute Gasteiger partial charge is 0.463 e. The predicted octanol–water partition coefficient (Wildman–Crippen LogP) is 3.99. The molecule has 2 aliphatic rings. The second-order valence-electron chi connectivity index (χ2n) is 7.71. The molecular formula is C21H24FNO3. The zero-order valence-corrected chi connectivity index (χ0v) is 15.6. The van der Waals surface area contributed by atoms with E-state index < -0.39 is 17.7 Å². The third-order valence-corrected chi connectivity index (χ3v) is 4.92. The fourth-order valence-corrected chi connectivity index (χ4v) is 3.93. The monoisotopic (exact) mass is 357 g/mol. The number of carbonyl (C=O) groups excluding carboxylic acids is 2. The van der Waals surface area contributed by atoms with Crippen LogP contribution in [0, 0.1) is 11.2 Å². The summed E-state index contributed by atoms with van der Waals surface area (Å²) in [6.45, 7) is 7.87. The topological polar surface area (TPSA) is 55.4 Å². The van der Waals surface area contributed by atoms with Crippen LogP contribution in [0.5, 0.6) is 0 Å². The highest BCUT2D eigenvalue weighted by molar-refractivity contribution is 6.04. The van der Waals surface area contributed by atoms with E-state index in [9.17, 15) is 14.0 Å². The van der Waals surface area contributed by atoms with Gasteiger partial charge in [0.25, 0.3) is 0 Å². The Kier molecular flexibility index (Phi) is 4.74. The van der Waals surface area contributed by atoms with Gasteiger partial charge < -0.3 is 10.1 Å². The summed E-state index contributed by atoms with van der Waals surface area (Å²) < 4.78 is 19.1. The molecule has 0 unspecified atom stereocenters. The highest BCUT2D eigenvalue weighted by Gasteiger charge is 2.43. The third kappa shape index (κ3) is 3.30. The molecule has 0 aromatic heterocycles. The Morgan fingerprint density at radius 1 is 1.35 bits per heavy atom. The number of hydrogen-bond donors (Lipinski definition) is 1. The van der Waals surface area contributed by atoms with Crippen LogP contribution in [0.1, 0.15) is 52.0 Å². The normalized spacial score (nSPS) is 22.0. The van der Waals surface area contributed by atoms with Crippen LogP contribution in [-0.4, -0.2) is 18.4 Å². The number of ether oxygens (including phenoxy) is 1. The number of allylic oxidation sites excluding steroid dienone is 3. The van der Waals surface area contributed by atoms with Crippen LogP contribution in [0.2, 0.25) is 0 Å². The maximum Gasteiger partial charge on any atom is 0.336 e. The summed E-state index contributed by atoms with van der Waals surface area (Å²) in [5.41, 5.74) is 2.85. The highest BCUT2D eigenvalue weighted by Crippen LogP contribution is 2.46. The number of ketones is 1. The summed E-state index contributed by atoms with van der Waals surface area (Å²) in [4.78, 5) is 25.6. The smallest absolute Gasteiger partial charge is 0.336 e. The van der Waals surface area contributed by atoms with E-state index in [4.69, 9.17) is 4.74 Å². The van der Waals surface area contributed by atoms with Gasteiger partial charge in [-0.25, -0.2) is 9.18 Å². The summed E-state index contributed by atoms with van der Waals surface area (Å²) in [5, 5.41) is 3.25. The first-order valence-corrected chi connectivity index (χ1v) is 8.90. The number of nitrogens with one attached hydrogen (secondary N) is 1. The first-order valence-electron chi connectivity index (χ1n) is 8.90. The van der Waals surface area contributed by atoms with Crippen LogP contribution >= 0.6 is 0 Å². The van der Waals surface area contributed by atoms with Crippen molar-refractivity contribution in [2.45, 2.75) is 46.5 Å². The molecule has 0 saturated heterocycles. The molecular weight excluding hydrogens is 333 g/mol. The van der Waals surface area contributed by atoms with E-state index in [-0.39, 0.29) is 17.8 Å². The predicted molar refractivity (Wildman–Crippen MR) is 96.7 cm³/mol. The molecule has 1 aromatic carbocycles. The Balaban J connectivity index is 2.18. The number of carbonyl (C=O) groups is 2. The maximum absolute atomic E-state index is 13.9. The Morgan fingerprint density at radius 2 is 2.08 bits per heavy atom. The van der Waals surface area contributed by atoms with E-state index >= 15 is 0 Å². The minimum absolute atomic E-state index is 0.00712. The van der Waals surface area contributed by atoms with Gasteiger partial charge in [-0.05, 0) is 43.4 Å². The molecule has 4 nitrogen and oxygen atoms in total. The van der Waals surface area contributed by atoms with Gasteiger partial charge >= 0.3 is 5.97 Å². The van der Waals surface area contributed by atoms with E-state index in [2.05, 4.69) is 5.32 Å². The van der Waals surface area contributed by atoms with Crippen molar-refractivity contribution in [1.29, 1.82) is 0 Å². The number of esters is 1. The number of benzene rings is 1. The number of Topliss-reactive ketones (excluding diaryl/α,β-unsaturated/α-hetero) is 1. The second kappa shape index (κ2) is 6.71. The fraction of sp³-hybridized carbons (Fsp3) is 0.429. The molecule has 1 aromatic rings. The van der Waals surface area contributed by atoms with Gasteiger partial charge in [0.15, 0.2) is 5.78 Å². The molecule has 0 fully saturated rings. The maximum atomic E-state index is 13.9. The van der Waals surface area contributed by atoms with Crippen LogP contribution in [0.4, 0.5) is 4.39 Å². The van der Waals surface area contributed by atoms with Gasteiger partial charge in [-0.3, -0.25) is 4.79 Å². The average molecular weight is 357 g/mol. The van der Waals surface area contributed by atoms with Gasteiger partial charge in [0.1, 0.15) is 5.82 Å².